The molecule has 3 aromatic carbocycles. The zero-order valence-electron chi connectivity index (χ0n) is 18.0. The first-order valence-corrected chi connectivity index (χ1v) is 10.0. The van der Waals surface area contributed by atoms with E-state index in [1.807, 2.05) is 30.3 Å². The molecule has 0 amide bonds. The van der Waals surface area contributed by atoms with Crippen molar-refractivity contribution in [1.82, 2.24) is 4.98 Å². The van der Waals surface area contributed by atoms with Gasteiger partial charge in [-0.25, -0.2) is 9.78 Å². The minimum Gasteiger partial charge on any atom is -0.493 e. The highest BCUT2D eigenvalue weighted by Gasteiger charge is 2.17. The first-order chi connectivity index (χ1) is 16.0. The number of hydrogen-bond donors (Lipinski definition) is 0. The molecule has 1 heterocycles. The molecule has 8 nitrogen and oxygen atoms in total. The number of aromatic nitrogens is 1. The molecule has 0 atom stereocenters. The van der Waals surface area contributed by atoms with E-state index < -0.39 is 10.9 Å². The second-order valence-corrected chi connectivity index (χ2v) is 7.14. The Morgan fingerprint density at radius 2 is 1.67 bits per heavy atom. The van der Waals surface area contributed by atoms with E-state index in [1.54, 1.807) is 44.6 Å². The first kappa shape index (κ1) is 21.8. The zero-order valence-corrected chi connectivity index (χ0v) is 18.0. The van der Waals surface area contributed by atoms with Crippen molar-refractivity contribution in [3.8, 4) is 22.8 Å². The Hall–Kier alpha value is -4.46. The van der Waals surface area contributed by atoms with Crippen LogP contribution in [0.4, 0.5) is 5.69 Å². The average molecular weight is 444 g/mol. The number of esters is 1. The lowest BCUT2D eigenvalue weighted by Gasteiger charge is -2.12. The van der Waals surface area contributed by atoms with Crippen molar-refractivity contribution in [3.63, 3.8) is 0 Å². The van der Waals surface area contributed by atoms with Gasteiger partial charge in [0.05, 0.1) is 35.9 Å². The highest BCUT2D eigenvalue weighted by Crippen LogP contribution is 2.33. The average Bonchev–Trinajstić information content (AvgIpc) is 2.86. The lowest BCUT2D eigenvalue weighted by molar-refractivity contribution is -0.384. The summed E-state index contributed by atoms with van der Waals surface area (Å²) in [5.41, 5.74) is 2.97. The summed E-state index contributed by atoms with van der Waals surface area (Å²) in [6.45, 7) is -0.0147. The van der Waals surface area contributed by atoms with E-state index in [4.69, 9.17) is 19.2 Å². The number of nitro benzene ring substituents is 1. The first-order valence-electron chi connectivity index (χ1n) is 10.0. The van der Waals surface area contributed by atoms with Gasteiger partial charge in [-0.1, -0.05) is 18.2 Å². The maximum atomic E-state index is 13.0. The summed E-state index contributed by atoms with van der Waals surface area (Å²) < 4.78 is 16.2. The Labute approximate surface area is 189 Å². The number of rotatable bonds is 7. The SMILES string of the molecule is COc1ccc(-c2cc(C(=O)OCc3ccc([N+](=O)[O-])cc3)c3ccccc3n2)cc1OC. The number of carbonyl (C=O) groups excluding carboxylic acids is 1. The van der Waals surface area contributed by atoms with E-state index in [9.17, 15) is 14.9 Å². The maximum Gasteiger partial charge on any atom is 0.339 e. The van der Waals surface area contributed by atoms with Crippen LogP contribution in [-0.4, -0.2) is 30.1 Å². The van der Waals surface area contributed by atoms with Crippen LogP contribution in [0, 0.1) is 10.1 Å². The Morgan fingerprint density at radius 1 is 0.939 bits per heavy atom. The highest BCUT2D eigenvalue weighted by molar-refractivity contribution is 6.04. The predicted octanol–water partition coefficient (Wildman–Crippen LogP) is 5.18. The molecule has 0 bridgehead atoms. The van der Waals surface area contributed by atoms with Crippen molar-refractivity contribution < 1.29 is 23.9 Å². The number of non-ortho nitro benzene ring substituents is 1. The van der Waals surface area contributed by atoms with E-state index in [-0.39, 0.29) is 12.3 Å². The smallest absolute Gasteiger partial charge is 0.339 e. The van der Waals surface area contributed by atoms with E-state index in [2.05, 4.69) is 0 Å². The number of nitrogens with zero attached hydrogens (tertiary/aromatic N) is 2. The van der Waals surface area contributed by atoms with Crippen molar-refractivity contribution in [1.29, 1.82) is 0 Å². The number of fused-ring (bicyclic) bond motifs is 1. The van der Waals surface area contributed by atoms with Gasteiger partial charge in [0.15, 0.2) is 11.5 Å². The zero-order chi connectivity index (χ0) is 23.4. The van der Waals surface area contributed by atoms with Crippen molar-refractivity contribution in [2.24, 2.45) is 0 Å². The number of hydrogen-bond acceptors (Lipinski definition) is 7. The topological polar surface area (TPSA) is 101 Å². The third-order valence-electron chi connectivity index (χ3n) is 5.13. The van der Waals surface area contributed by atoms with Gasteiger partial charge < -0.3 is 14.2 Å². The van der Waals surface area contributed by atoms with Gasteiger partial charge >= 0.3 is 5.97 Å². The molecular formula is C25H20N2O6. The van der Waals surface area contributed by atoms with Crippen LogP contribution in [-0.2, 0) is 11.3 Å². The lowest BCUT2D eigenvalue weighted by atomic mass is 10.0. The summed E-state index contributed by atoms with van der Waals surface area (Å²) in [5, 5.41) is 11.5. The number of para-hydroxylation sites is 1. The second kappa shape index (κ2) is 9.35. The molecule has 4 aromatic rings. The van der Waals surface area contributed by atoms with Gasteiger partial charge in [-0.3, -0.25) is 10.1 Å². The molecule has 0 aliphatic carbocycles. The number of carbonyl (C=O) groups is 1. The molecule has 0 saturated heterocycles. The van der Waals surface area contributed by atoms with Gasteiger partial charge in [0, 0.05) is 23.1 Å². The number of ether oxygens (including phenoxy) is 3. The number of nitro groups is 1. The molecule has 33 heavy (non-hydrogen) atoms. The van der Waals surface area contributed by atoms with E-state index in [0.29, 0.717) is 39.2 Å². The fourth-order valence-electron chi connectivity index (χ4n) is 3.43. The second-order valence-electron chi connectivity index (χ2n) is 7.14. The van der Waals surface area contributed by atoms with Gasteiger partial charge in [0.2, 0.25) is 0 Å². The van der Waals surface area contributed by atoms with Gasteiger partial charge in [0.1, 0.15) is 6.61 Å². The van der Waals surface area contributed by atoms with Crippen LogP contribution in [0.15, 0.2) is 72.8 Å². The van der Waals surface area contributed by atoms with Gasteiger partial charge in [-0.15, -0.1) is 0 Å². The largest absolute Gasteiger partial charge is 0.493 e. The monoisotopic (exact) mass is 444 g/mol. The minimum atomic E-state index is -0.520. The number of methoxy groups -OCH3 is 2. The Balaban J connectivity index is 1.66. The quantitative estimate of drug-likeness (QED) is 0.220. The third kappa shape index (κ3) is 4.59. The number of pyridine rings is 1. The highest BCUT2D eigenvalue weighted by atomic mass is 16.6. The Kier molecular flexibility index (Phi) is 6.17. The Morgan fingerprint density at radius 3 is 2.36 bits per heavy atom. The van der Waals surface area contributed by atoms with Crippen molar-refractivity contribution >= 4 is 22.6 Å². The van der Waals surface area contributed by atoms with Crippen LogP contribution < -0.4 is 9.47 Å². The molecule has 1 aromatic heterocycles. The number of benzene rings is 3. The minimum absolute atomic E-state index is 0.0147. The summed E-state index contributed by atoms with van der Waals surface area (Å²) in [4.78, 5) is 28.0. The third-order valence-corrected chi connectivity index (χ3v) is 5.13. The van der Waals surface area contributed by atoms with Gasteiger partial charge in [-0.05, 0) is 48.0 Å². The van der Waals surface area contributed by atoms with Crippen LogP contribution in [0.25, 0.3) is 22.2 Å². The summed E-state index contributed by atoms with van der Waals surface area (Å²) in [6.07, 6.45) is 0. The summed E-state index contributed by atoms with van der Waals surface area (Å²) >= 11 is 0. The van der Waals surface area contributed by atoms with Crippen LogP contribution in [0.1, 0.15) is 15.9 Å². The summed E-state index contributed by atoms with van der Waals surface area (Å²) in [6, 6.07) is 20.3. The molecule has 0 N–H and O–H groups in total. The van der Waals surface area contributed by atoms with Crippen LogP contribution in [0.3, 0.4) is 0 Å². The fourth-order valence-corrected chi connectivity index (χ4v) is 3.43. The molecule has 0 aliphatic heterocycles. The van der Waals surface area contributed by atoms with Gasteiger partial charge in [-0.2, -0.15) is 0 Å². The molecule has 0 radical (unpaired) electrons. The molecule has 166 valence electrons. The van der Waals surface area contributed by atoms with Crippen LogP contribution in [0.2, 0.25) is 0 Å². The molecular weight excluding hydrogens is 424 g/mol. The van der Waals surface area contributed by atoms with Crippen LogP contribution >= 0.6 is 0 Å². The molecule has 0 spiro atoms. The normalized spacial score (nSPS) is 10.6. The predicted molar refractivity (Wildman–Crippen MR) is 122 cm³/mol. The van der Waals surface area contributed by atoms with Crippen LogP contribution in [0.5, 0.6) is 11.5 Å². The fraction of sp³-hybridized carbons (Fsp3) is 0.120. The van der Waals surface area contributed by atoms with E-state index >= 15 is 0 Å². The van der Waals surface area contributed by atoms with E-state index in [1.165, 1.54) is 12.1 Å². The summed E-state index contributed by atoms with van der Waals surface area (Å²) in [5.74, 6) is 0.616. The standard InChI is InChI=1S/C25H20N2O6/c1-31-23-12-9-17(13-24(23)32-2)22-14-20(19-5-3-4-6-21(19)26-22)25(28)33-15-16-7-10-18(11-8-16)27(29)30/h3-14H,15H2,1-2H3. The molecule has 8 heteroatoms. The molecule has 4 rings (SSSR count). The van der Waals surface area contributed by atoms with Gasteiger partial charge in [0.25, 0.3) is 5.69 Å². The maximum absolute atomic E-state index is 13.0. The van der Waals surface area contributed by atoms with Crippen molar-refractivity contribution in [2.75, 3.05) is 14.2 Å². The van der Waals surface area contributed by atoms with E-state index in [0.717, 1.165) is 5.56 Å². The van der Waals surface area contributed by atoms with Crippen molar-refractivity contribution in [3.05, 3.63) is 94.0 Å². The lowest BCUT2D eigenvalue weighted by Crippen LogP contribution is -2.07. The van der Waals surface area contributed by atoms with Crippen molar-refractivity contribution in [2.45, 2.75) is 6.61 Å². The summed E-state index contributed by atoms with van der Waals surface area (Å²) in [7, 11) is 3.11. The molecule has 0 fully saturated rings. The molecule has 0 unspecified atom stereocenters. The molecule has 0 saturated carbocycles. The molecule has 0 aliphatic rings. The Bertz CT molecular complexity index is 1330.